The van der Waals surface area contributed by atoms with Crippen molar-refractivity contribution in [3.63, 3.8) is 0 Å². The SMILES string of the molecule is C[C@@H](Nc1n[nH]c(=O)[nH]c1=O)C(=O)NN=Cc1c(OCc2ccccc2)ccc2ccccc12. The standard InChI is InChI=1S/C24H22N6O4/c1-15(26-21-23(32)27-24(33)30-28-21)22(31)29-25-13-19-18-10-6-5-9-17(18)11-12-20(19)34-14-16-7-3-2-4-8-16/h2-13,15H,14H2,1H3,(H,26,28)(H,29,31)(H2,27,30,32,33)/t15-/m1/s1. The van der Waals surface area contributed by atoms with Gasteiger partial charge in [-0.2, -0.15) is 5.10 Å². The summed E-state index contributed by atoms with van der Waals surface area (Å²) in [4.78, 5) is 37.3. The van der Waals surface area contributed by atoms with Crippen molar-refractivity contribution < 1.29 is 9.53 Å². The number of fused-ring (bicyclic) bond motifs is 1. The number of aromatic nitrogens is 3. The van der Waals surface area contributed by atoms with Crippen LogP contribution in [0.4, 0.5) is 5.82 Å². The molecule has 1 amide bonds. The van der Waals surface area contributed by atoms with E-state index in [9.17, 15) is 14.4 Å². The Bertz CT molecular complexity index is 1450. The Kier molecular flexibility index (Phi) is 6.78. The van der Waals surface area contributed by atoms with Crippen LogP contribution < -0.4 is 26.7 Å². The van der Waals surface area contributed by atoms with E-state index in [-0.39, 0.29) is 5.82 Å². The maximum absolute atomic E-state index is 12.4. The number of hydrogen-bond acceptors (Lipinski definition) is 7. The Morgan fingerprint density at radius 3 is 2.65 bits per heavy atom. The summed E-state index contributed by atoms with van der Waals surface area (Å²) >= 11 is 0. The molecule has 1 heterocycles. The molecule has 0 bridgehead atoms. The third-order valence-electron chi connectivity index (χ3n) is 4.99. The van der Waals surface area contributed by atoms with Gasteiger partial charge < -0.3 is 10.1 Å². The molecule has 0 saturated heterocycles. The van der Waals surface area contributed by atoms with Crippen molar-refractivity contribution in [1.29, 1.82) is 0 Å². The molecule has 4 N–H and O–H groups in total. The highest BCUT2D eigenvalue weighted by Crippen LogP contribution is 2.27. The number of nitrogens with one attached hydrogen (secondary N) is 4. The van der Waals surface area contributed by atoms with Crippen molar-refractivity contribution in [2.75, 3.05) is 5.32 Å². The lowest BCUT2D eigenvalue weighted by Gasteiger charge is -2.13. The van der Waals surface area contributed by atoms with Gasteiger partial charge in [0, 0.05) is 5.56 Å². The van der Waals surface area contributed by atoms with E-state index in [0.717, 1.165) is 16.3 Å². The summed E-state index contributed by atoms with van der Waals surface area (Å²) in [5, 5.41) is 14.3. The molecule has 4 rings (SSSR count). The van der Waals surface area contributed by atoms with Crippen molar-refractivity contribution in [2.24, 2.45) is 5.10 Å². The minimum Gasteiger partial charge on any atom is -0.488 e. The predicted molar refractivity (Wildman–Crippen MR) is 129 cm³/mol. The van der Waals surface area contributed by atoms with Gasteiger partial charge in [-0.3, -0.25) is 14.6 Å². The van der Waals surface area contributed by atoms with Crippen molar-refractivity contribution in [3.05, 3.63) is 98.7 Å². The number of ether oxygens (including phenoxy) is 1. The molecule has 4 aromatic rings. The van der Waals surface area contributed by atoms with Crippen LogP contribution in [-0.2, 0) is 11.4 Å². The molecule has 0 aliphatic carbocycles. The van der Waals surface area contributed by atoms with Crippen molar-refractivity contribution >= 4 is 28.7 Å². The van der Waals surface area contributed by atoms with E-state index in [1.165, 1.54) is 13.1 Å². The fourth-order valence-corrected chi connectivity index (χ4v) is 3.24. The van der Waals surface area contributed by atoms with Crippen molar-refractivity contribution in [3.8, 4) is 5.75 Å². The monoisotopic (exact) mass is 458 g/mol. The largest absolute Gasteiger partial charge is 0.488 e. The molecule has 1 atom stereocenters. The van der Waals surface area contributed by atoms with Crippen LogP contribution in [0.2, 0.25) is 0 Å². The number of H-pyrrole nitrogens is 2. The normalized spacial score (nSPS) is 11.9. The zero-order valence-corrected chi connectivity index (χ0v) is 18.2. The summed E-state index contributed by atoms with van der Waals surface area (Å²) < 4.78 is 6.05. The molecule has 0 aliphatic heterocycles. The predicted octanol–water partition coefficient (Wildman–Crippen LogP) is 2.14. The Morgan fingerprint density at radius 1 is 1.09 bits per heavy atom. The van der Waals surface area contributed by atoms with E-state index < -0.39 is 23.2 Å². The molecular weight excluding hydrogens is 436 g/mol. The summed E-state index contributed by atoms with van der Waals surface area (Å²) in [5.74, 6) is -0.0665. The summed E-state index contributed by atoms with van der Waals surface area (Å²) in [6.07, 6.45) is 1.53. The van der Waals surface area contributed by atoms with Crippen molar-refractivity contribution in [1.82, 2.24) is 20.6 Å². The lowest BCUT2D eigenvalue weighted by Crippen LogP contribution is -2.38. The van der Waals surface area contributed by atoms with E-state index in [4.69, 9.17) is 4.74 Å². The highest BCUT2D eigenvalue weighted by atomic mass is 16.5. The second kappa shape index (κ2) is 10.3. The first-order chi connectivity index (χ1) is 16.5. The average Bonchev–Trinajstić information content (AvgIpc) is 2.85. The number of anilines is 1. The zero-order valence-electron chi connectivity index (χ0n) is 18.2. The molecule has 0 unspecified atom stereocenters. The number of carbonyl (C=O) groups excluding carboxylic acids is 1. The van der Waals surface area contributed by atoms with Crippen LogP contribution in [0.5, 0.6) is 5.75 Å². The smallest absolute Gasteiger partial charge is 0.342 e. The second-order valence-electron chi connectivity index (χ2n) is 7.43. The summed E-state index contributed by atoms with van der Waals surface area (Å²) in [5.41, 5.74) is 2.72. The van der Waals surface area contributed by atoms with Gasteiger partial charge in [0.15, 0.2) is 0 Å². The topological polar surface area (TPSA) is 141 Å². The molecule has 3 aromatic carbocycles. The van der Waals surface area contributed by atoms with E-state index >= 15 is 0 Å². The molecule has 0 fully saturated rings. The maximum atomic E-state index is 12.4. The van der Waals surface area contributed by atoms with Crippen LogP contribution in [0, 0.1) is 0 Å². The van der Waals surface area contributed by atoms with Gasteiger partial charge in [-0.25, -0.2) is 15.3 Å². The lowest BCUT2D eigenvalue weighted by molar-refractivity contribution is -0.121. The molecule has 0 radical (unpaired) electrons. The number of amides is 1. The molecule has 172 valence electrons. The number of aromatic amines is 2. The third kappa shape index (κ3) is 5.36. The molecule has 0 saturated carbocycles. The van der Waals surface area contributed by atoms with Gasteiger partial charge in [0.25, 0.3) is 11.5 Å². The fraction of sp³-hybridized carbons (Fsp3) is 0.125. The first-order valence-electron chi connectivity index (χ1n) is 10.5. The van der Waals surface area contributed by atoms with Crippen LogP contribution in [0.3, 0.4) is 0 Å². The fourth-order valence-electron chi connectivity index (χ4n) is 3.24. The molecule has 10 heteroatoms. The minimum absolute atomic E-state index is 0.183. The highest BCUT2D eigenvalue weighted by molar-refractivity contribution is 6.02. The first-order valence-corrected chi connectivity index (χ1v) is 10.5. The van der Waals surface area contributed by atoms with E-state index in [1.54, 1.807) is 0 Å². The van der Waals surface area contributed by atoms with Gasteiger partial charge in [0.1, 0.15) is 18.4 Å². The number of hydrogen-bond donors (Lipinski definition) is 4. The lowest BCUT2D eigenvalue weighted by atomic mass is 10.0. The van der Waals surface area contributed by atoms with Gasteiger partial charge in [-0.15, -0.1) is 5.10 Å². The van der Waals surface area contributed by atoms with E-state index in [2.05, 4.69) is 26.0 Å². The highest BCUT2D eigenvalue weighted by Gasteiger charge is 2.15. The van der Waals surface area contributed by atoms with Crippen LogP contribution in [-0.4, -0.2) is 33.3 Å². The maximum Gasteiger partial charge on any atom is 0.342 e. The van der Waals surface area contributed by atoms with Crippen LogP contribution in [0.25, 0.3) is 10.8 Å². The number of benzene rings is 3. The minimum atomic E-state index is -0.849. The summed E-state index contributed by atoms with van der Waals surface area (Å²) in [6.45, 7) is 1.91. The van der Waals surface area contributed by atoms with E-state index in [0.29, 0.717) is 17.9 Å². The molecule has 0 spiro atoms. The molecule has 0 aliphatic rings. The van der Waals surface area contributed by atoms with E-state index in [1.807, 2.05) is 71.7 Å². The van der Waals surface area contributed by atoms with Crippen LogP contribution in [0.1, 0.15) is 18.1 Å². The quantitative estimate of drug-likeness (QED) is 0.235. The molecule has 10 nitrogen and oxygen atoms in total. The Morgan fingerprint density at radius 2 is 1.85 bits per heavy atom. The summed E-state index contributed by atoms with van der Waals surface area (Å²) in [6, 6.07) is 20.6. The number of rotatable bonds is 8. The average molecular weight is 458 g/mol. The number of hydrazone groups is 1. The van der Waals surface area contributed by atoms with Gasteiger partial charge in [0.2, 0.25) is 5.82 Å². The molecule has 34 heavy (non-hydrogen) atoms. The summed E-state index contributed by atoms with van der Waals surface area (Å²) in [7, 11) is 0. The second-order valence-corrected chi connectivity index (χ2v) is 7.43. The third-order valence-corrected chi connectivity index (χ3v) is 4.99. The van der Waals surface area contributed by atoms with Crippen molar-refractivity contribution in [2.45, 2.75) is 19.6 Å². The molecule has 1 aromatic heterocycles. The van der Waals surface area contributed by atoms with Gasteiger partial charge in [0.05, 0.1) is 6.21 Å². The number of nitrogens with zero attached hydrogens (tertiary/aromatic N) is 2. The number of carbonyl (C=O) groups is 1. The Labute approximate surface area is 193 Å². The van der Waals surface area contributed by atoms with Gasteiger partial charge >= 0.3 is 5.69 Å². The van der Waals surface area contributed by atoms with Crippen LogP contribution >= 0.6 is 0 Å². The zero-order chi connectivity index (χ0) is 23.9. The van der Waals surface area contributed by atoms with Crippen LogP contribution in [0.15, 0.2) is 81.4 Å². The first kappa shape index (κ1) is 22.5. The Balaban J connectivity index is 1.50. The Hall–Kier alpha value is -4.73. The molecular formula is C24H22N6O4. The van der Waals surface area contributed by atoms with Gasteiger partial charge in [-0.05, 0) is 29.3 Å². The van der Waals surface area contributed by atoms with Gasteiger partial charge in [-0.1, -0.05) is 60.7 Å².